The van der Waals surface area contributed by atoms with Crippen molar-refractivity contribution in [3.05, 3.63) is 28.5 Å². The normalized spacial score (nSPS) is 12.5. The van der Waals surface area contributed by atoms with E-state index in [0.717, 1.165) is 10.2 Å². The number of aliphatic carboxylic acids is 1. The van der Waals surface area contributed by atoms with Gasteiger partial charge in [0.15, 0.2) is 0 Å². The Bertz CT molecular complexity index is 297. The third kappa shape index (κ3) is 3.14. The van der Waals surface area contributed by atoms with Gasteiger partial charge in [-0.1, -0.05) is 13.0 Å². The molecule has 1 aromatic rings. The van der Waals surface area contributed by atoms with Crippen molar-refractivity contribution in [1.82, 2.24) is 4.98 Å². The maximum atomic E-state index is 10.4. The van der Waals surface area contributed by atoms with Gasteiger partial charge in [-0.05, 0) is 33.5 Å². The molecular formula is C9H10BrNO2. The number of pyridine rings is 1. The number of rotatable bonds is 3. The Morgan fingerprint density at radius 3 is 2.85 bits per heavy atom. The van der Waals surface area contributed by atoms with Crippen molar-refractivity contribution in [3.63, 3.8) is 0 Å². The minimum atomic E-state index is -0.782. The fraction of sp³-hybridized carbons (Fsp3) is 0.333. The number of carbonyl (C=O) groups is 1. The van der Waals surface area contributed by atoms with Gasteiger partial charge < -0.3 is 5.11 Å². The van der Waals surface area contributed by atoms with Crippen LogP contribution in [0.15, 0.2) is 22.9 Å². The summed E-state index contributed by atoms with van der Waals surface area (Å²) < 4.78 is 0.763. The van der Waals surface area contributed by atoms with E-state index in [-0.39, 0.29) is 12.3 Å². The largest absolute Gasteiger partial charge is 0.481 e. The number of hydrogen-bond acceptors (Lipinski definition) is 2. The Kier molecular flexibility index (Phi) is 3.42. The molecule has 1 N–H and O–H groups in total. The summed E-state index contributed by atoms with van der Waals surface area (Å²) in [7, 11) is 0. The van der Waals surface area contributed by atoms with Gasteiger partial charge in [-0.15, -0.1) is 0 Å². The molecule has 0 saturated carbocycles. The zero-order valence-corrected chi connectivity index (χ0v) is 8.78. The van der Waals surface area contributed by atoms with Crippen molar-refractivity contribution in [3.8, 4) is 0 Å². The number of carboxylic acids is 1. The molecule has 0 saturated heterocycles. The number of aromatic nitrogens is 1. The number of carboxylic acid groups (broad SMARTS) is 1. The molecule has 1 atom stereocenters. The second kappa shape index (κ2) is 4.37. The molecule has 1 heterocycles. The van der Waals surface area contributed by atoms with Crippen LogP contribution in [-0.4, -0.2) is 16.1 Å². The molecule has 0 fully saturated rings. The van der Waals surface area contributed by atoms with Crippen LogP contribution in [0.25, 0.3) is 0 Å². The lowest BCUT2D eigenvalue weighted by molar-refractivity contribution is -0.137. The standard InChI is InChI=1S/C9H10BrNO2/c1-6(4-9(12)13)7-2-3-8(10)11-5-7/h2-3,5-6H,4H2,1H3,(H,12,13). The maximum Gasteiger partial charge on any atom is 0.303 e. The van der Waals surface area contributed by atoms with Crippen molar-refractivity contribution in [1.29, 1.82) is 0 Å². The van der Waals surface area contributed by atoms with Crippen LogP contribution in [0, 0.1) is 0 Å². The van der Waals surface area contributed by atoms with E-state index in [1.54, 1.807) is 6.20 Å². The van der Waals surface area contributed by atoms with Crippen LogP contribution >= 0.6 is 15.9 Å². The third-order valence-corrected chi connectivity index (χ3v) is 2.27. The molecule has 0 amide bonds. The van der Waals surface area contributed by atoms with Gasteiger partial charge in [-0.3, -0.25) is 4.79 Å². The molecule has 0 aliphatic rings. The van der Waals surface area contributed by atoms with E-state index in [0.29, 0.717) is 0 Å². The van der Waals surface area contributed by atoms with E-state index in [1.165, 1.54) is 0 Å². The molecule has 1 rings (SSSR count). The Hall–Kier alpha value is -0.900. The Balaban J connectivity index is 2.71. The first-order chi connectivity index (χ1) is 6.09. The lowest BCUT2D eigenvalue weighted by Gasteiger charge is -2.07. The monoisotopic (exact) mass is 243 g/mol. The fourth-order valence-electron chi connectivity index (χ4n) is 1.06. The van der Waals surface area contributed by atoms with Crippen LogP contribution in [0.4, 0.5) is 0 Å². The molecule has 1 aromatic heterocycles. The highest BCUT2D eigenvalue weighted by Crippen LogP contribution is 2.19. The molecular weight excluding hydrogens is 234 g/mol. The highest BCUT2D eigenvalue weighted by molar-refractivity contribution is 9.10. The van der Waals surface area contributed by atoms with Crippen LogP contribution < -0.4 is 0 Å². The molecule has 0 aliphatic heterocycles. The topological polar surface area (TPSA) is 50.2 Å². The SMILES string of the molecule is CC(CC(=O)O)c1ccc(Br)nc1. The Morgan fingerprint density at radius 1 is 1.69 bits per heavy atom. The molecule has 0 radical (unpaired) electrons. The lowest BCUT2D eigenvalue weighted by Crippen LogP contribution is -2.02. The molecule has 0 spiro atoms. The van der Waals surface area contributed by atoms with Gasteiger partial charge in [0, 0.05) is 6.20 Å². The number of halogens is 1. The molecule has 70 valence electrons. The van der Waals surface area contributed by atoms with Crippen molar-refractivity contribution in [2.75, 3.05) is 0 Å². The first-order valence-corrected chi connectivity index (χ1v) is 4.72. The van der Waals surface area contributed by atoms with E-state index < -0.39 is 5.97 Å². The Labute approximate surface area is 84.9 Å². The molecule has 0 aliphatic carbocycles. The van der Waals surface area contributed by atoms with Gasteiger partial charge in [-0.2, -0.15) is 0 Å². The molecule has 4 heteroatoms. The smallest absolute Gasteiger partial charge is 0.303 e. The van der Waals surface area contributed by atoms with Gasteiger partial charge in [0.05, 0.1) is 6.42 Å². The highest BCUT2D eigenvalue weighted by atomic mass is 79.9. The number of nitrogens with zero attached hydrogens (tertiary/aromatic N) is 1. The summed E-state index contributed by atoms with van der Waals surface area (Å²) in [5.41, 5.74) is 0.950. The van der Waals surface area contributed by atoms with Crippen molar-refractivity contribution in [2.45, 2.75) is 19.3 Å². The zero-order chi connectivity index (χ0) is 9.84. The van der Waals surface area contributed by atoms with Crippen molar-refractivity contribution < 1.29 is 9.90 Å². The fourth-order valence-corrected chi connectivity index (χ4v) is 1.29. The summed E-state index contributed by atoms with van der Waals surface area (Å²) in [5, 5.41) is 8.57. The third-order valence-electron chi connectivity index (χ3n) is 1.80. The second-order valence-corrected chi connectivity index (χ2v) is 3.73. The quantitative estimate of drug-likeness (QED) is 0.830. The molecule has 0 bridgehead atoms. The van der Waals surface area contributed by atoms with Gasteiger partial charge in [0.1, 0.15) is 4.60 Å². The summed E-state index contributed by atoms with van der Waals surface area (Å²) in [6, 6.07) is 3.69. The first-order valence-electron chi connectivity index (χ1n) is 3.93. The minimum absolute atomic E-state index is 0.0121. The molecule has 3 nitrogen and oxygen atoms in total. The Morgan fingerprint density at radius 2 is 2.38 bits per heavy atom. The molecule has 13 heavy (non-hydrogen) atoms. The van der Waals surface area contributed by atoms with Gasteiger partial charge in [0.25, 0.3) is 0 Å². The first kappa shape index (κ1) is 10.2. The van der Waals surface area contributed by atoms with E-state index in [1.807, 2.05) is 19.1 Å². The summed E-state index contributed by atoms with van der Waals surface area (Å²) >= 11 is 3.22. The predicted molar refractivity (Wildman–Crippen MR) is 52.6 cm³/mol. The second-order valence-electron chi connectivity index (χ2n) is 2.91. The van der Waals surface area contributed by atoms with E-state index in [9.17, 15) is 4.79 Å². The van der Waals surface area contributed by atoms with Gasteiger partial charge >= 0.3 is 5.97 Å². The number of hydrogen-bond donors (Lipinski definition) is 1. The van der Waals surface area contributed by atoms with E-state index >= 15 is 0 Å². The van der Waals surface area contributed by atoms with E-state index in [4.69, 9.17) is 5.11 Å². The van der Waals surface area contributed by atoms with Crippen molar-refractivity contribution >= 4 is 21.9 Å². The summed E-state index contributed by atoms with van der Waals surface area (Å²) in [4.78, 5) is 14.5. The molecule has 1 unspecified atom stereocenters. The zero-order valence-electron chi connectivity index (χ0n) is 7.20. The lowest BCUT2D eigenvalue weighted by atomic mass is 10.0. The molecule has 0 aromatic carbocycles. The predicted octanol–water partition coefficient (Wildman–Crippen LogP) is 2.42. The van der Waals surface area contributed by atoms with Crippen LogP contribution in [0.1, 0.15) is 24.8 Å². The average Bonchev–Trinajstić information content (AvgIpc) is 2.04. The summed E-state index contributed by atoms with van der Waals surface area (Å²) in [6.45, 7) is 1.87. The highest BCUT2D eigenvalue weighted by Gasteiger charge is 2.09. The summed E-state index contributed by atoms with van der Waals surface area (Å²) in [6.07, 6.45) is 1.83. The van der Waals surface area contributed by atoms with Gasteiger partial charge in [-0.25, -0.2) is 4.98 Å². The van der Waals surface area contributed by atoms with Crippen LogP contribution in [0.2, 0.25) is 0 Å². The summed E-state index contributed by atoms with van der Waals surface area (Å²) in [5.74, 6) is -0.770. The maximum absolute atomic E-state index is 10.4. The van der Waals surface area contributed by atoms with Crippen molar-refractivity contribution in [2.24, 2.45) is 0 Å². The van der Waals surface area contributed by atoms with Crippen LogP contribution in [0.3, 0.4) is 0 Å². The van der Waals surface area contributed by atoms with Crippen LogP contribution in [0.5, 0.6) is 0 Å². The van der Waals surface area contributed by atoms with E-state index in [2.05, 4.69) is 20.9 Å². The van der Waals surface area contributed by atoms with Crippen LogP contribution in [-0.2, 0) is 4.79 Å². The average molecular weight is 244 g/mol. The van der Waals surface area contributed by atoms with Gasteiger partial charge in [0.2, 0.25) is 0 Å². The minimum Gasteiger partial charge on any atom is -0.481 e.